The first-order chi connectivity index (χ1) is 11.8. The summed E-state index contributed by atoms with van der Waals surface area (Å²) in [4.78, 5) is 28.0. The minimum atomic E-state index is -3.15. The molecule has 1 heterocycles. The number of hydrogen-bond donors (Lipinski definition) is 0. The number of rotatable bonds is 7. The third-order valence-corrected chi connectivity index (χ3v) is 7.59. The van der Waals surface area contributed by atoms with Crippen LogP contribution in [0.1, 0.15) is 58.8 Å². The van der Waals surface area contributed by atoms with Crippen LogP contribution >= 0.6 is 0 Å². The average Bonchev–Trinajstić information content (AvgIpc) is 3.13. The number of carbonyl (C=O) groups is 2. The van der Waals surface area contributed by atoms with Crippen molar-refractivity contribution in [1.29, 1.82) is 0 Å². The molecule has 0 spiro atoms. The summed E-state index contributed by atoms with van der Waals surface area (Å²) in [6.07, 6.45) is 4.96. The zero-order valence-electron chi connectivity index (χ0n) is 15.6. The zero-order chi connectivity index (χ0) is 18.4. The van der Waals surface area contributed by atoms with Crippen molar-refractivity contribution in [1.82, 2.24) is 9.80 Å². The number of piperazine rings is 1. The molecule has 0 atom stereocenters. The summed E-state index contributed by atoms with van der Waals surface area (Å²) in [5, 5.41) is -0.240. The predicted molar refractivity (Wildman–Crippen MR) is 97.9 cm³/mol. The Kier molecular flexibility index (Phi) is 7.28. The van der Waals surface area contributed by atoms with Crippen LogP contribution < -0.4 is 0 Å². The first-order valence-corrected chi connectivity index (χ1v) is 11.3. The summed E-state index contributed by atoms with van der Waals surface area (Å²) in [7, 11) is -3.15. The van der Waals surface area contributed by atoms with Gasteiger partial charge in [-0.15, -0.1) is 0 Å². The molecule has 1 aliphatic heterocycles. The molecule has 144 valence electrons. The van der Waals surface area contributed by atoms with Crippen molar-refractivity contribution in [3.8, 4) is 0 Å². The van der Waals surface area contributed by atoms with E-state index in [4.69, 9.17) is 0 Å². The van der Waals surface area contributed by atoms with E-state index in [1.807, 2.05) is 4.90 Å². The van der Waals surface area contributed by atoms with E-state index in [9.17, 15) is 18.0 Å². The van der Waals surface area contributed by atoms with Gasteiger partial charge < -0.3 is 9.80 Å². The molecule has 25 heavy (non-hydrogen) atoms. The van der Waals surface area contributed by atoms with Crippen LogP contribution in [0.25, 0.3) is 0 Å². The average molecular weight is 373 g/mol. The summed E-state index contributed by atoms with van der Waals surface area (Å²) in [6, 6.07) is 0. The van der Waals surface area contributed by atoms with Crippen molar-refractivity contribution < 1.29 is 18.0 Å². The lowest BCUT2D eigenvalue weighted by Crippen LogP contribution is -2.50. The van der Waals surface area contributed by atoms with Crippen molar-refractivity contribution >= 4 is 21.7 Å². The number of amides is 2. The third-order valence-electron chi connectivity index (χ3n) is 5.33. The molecule has 2 aliphatic rings. The molecule has 1 aliphatic carbocycles. The summed E-state index contributed by atoms with van der Waals surface area (Å²) in [6.45, 7) is 6.33. The van der Waals surface area contributed by atoms with Crippen LogP contribution in [0.3, 0.4) is 0 Å². The molecule has 2 rings (SSSR count). The second-order valence-electron chi connectivity index (χ2n) is 7.72. The van der Waals surface area contributed by atoms with E-state index >= 15 is 0 Å². The van der Waals surface area contributed by atoms with E-state index in [1.54, 1.807) is 4.90 Å². The van der Waals surface area contributed by atoms with Crippen LogP contribution in [0, 0.1) is 5.92 Å². The molecule has 6 nitrogen and oxygen atoms in total. The van der Waals surface area contributed by atoms with Gasteiger partial charge in [0.1, 0.15) is 0 Å². The fraction of sp³-hybridized carbons (Fsp3) is 0.889. The van der Waals surface area contributed by atoms with Crippen molar-refractivity contribution in [2.24, 2.45) is 5.92 Å². The molecule has 7 heteroatoms. The molecule has 2 amide bonds. The monoisotopic (exact) mass is 372 g/mol. The molecular formula is C18H32N2O4S. The lowest BCUT2D eigenvalue weighted by molar-refractivity contribution is -0.139. The van der Waals surface area contributed by atoms with Crippen LogP contribution in [0.2, 0.25) is 0 Å². The van der Waals surface area contributed by atoms with Gasteiger partial charge in [0, 0.05) is 39.0 Å². The van der Waals surface area contributed by atoms with E-state index in [0.717, 1.165) is 32.1 Å². The number of carbonyl (C=O) groups excluding carboxylic acids is 2. The highest BCUT2D eigenvalue weighted by Crippen LogP contribution is 2.25. The molecule has 0 aromatic heterocycles. The Morgan fingerprint density at radius 2 is 1.40 bits per heavy atom. The molecule has 2 fully saturated rings. The number of hydrogen-bond acceptors (Lipinski definition) is 4. The fourth-order valence-corrected chi connectivity index (χ4v) is 5.42. The molecule has 0 N–H and O–H groups in total. The predicted octanol–water partition coefficient (Wildman–Crippen LogP) is 1.84. The van der Waals surface area contributed by atoms with Gasteiger partial charge in [0.2, 0.25) is 11.8 Å². The smallest absolute Gasteiger partial charge is 0.223 e. The van der Waals surface area contributed by atoms with Gasteiger partial charge in [-0.3, -0.25) is 9.59 Å². The van der Waals surface area contributed by atoms with Gasteiger partial charge in [-0.2, -0.15) is 0 Å². The summed E-state index contributed by atoms with van der Waals surface area (Å²) in [5.74, 6) is 0.526. The van der Waals surface area contributed by atoms with Crippen LogP contribution in [-0.4, -0.2) is 67.2 Å². The van der Waals surface area contributed by atoms with Gasteiger partial charge in [0.25, 0.3) is 0 Å². The minimum absolute atomic E-state index is 0.0377. The van der Waals surface area contributed by atoms with Crippen LogP contribution in [0.4, 0.5) is 0 Å². The Labute approximate surface area is 151 Å². The van der Waals surface area contributed by atoms with Gasteiger partial charge in [0.15, 0.2) is 9.84 Å². The van der Waals surface area contributed by atoms with Crippen molar-refractivity contribution in [3.63, 3.8) is 0 Å². The second-order valence-corrected chi connectivity index (χ2v) is 10.1. The number of nitrogens with zero attached hydrogens (tertiary/aromatic N) is 2. The Bertz CT molecular complexity index is 560. The summed E-state index contributed by atoms with van der Waals surface area (Å²) >= 11 is 0. The normalized spacial score (nSPS) is 19.6. The van der Waals surface area contributed by atoms with E-state index in [1.165, 1.54) is 0 Å². The molecule has 0 aromatic carbocycles. The van der Waals surface area contributed by atoms with E-state index in [2.05, 4.69) is 13.8 Å². The van der Waals surface area contributed by atoms with Gasteiger partial charge in [-0.1, -0.05) is 26.7 Å². The molecule has 0 aromatic rings. The highest BCUT2D eigenvalue weighted by molar-refractivity contribution is 7.92. The Morgan fingerprint density at radius 3 is 1.88 bits per heavy atom. The Hall–Kier alpha value is -1.11. The molecule has 0 unspecified atom stereocenters. The van der Waals surface area contributed by atoms with Crippen molar-refractivity contribution in [3.05, 3.63) is 0 Å². The highest BCUT2D eigenvalue weighted by Gasteiger charge is 2.30. The lowest BCUT2D eigenvalue weighted by atomic mass is 10.1. The van der Waals surface area contributed by atoms with E-state index in [0.29, 0.717) is 38.5 Å². The SMILES string of the molecule is CC(C)CCC(=O)N1CCN(C(=O)CCS(=O)(=O)C2CCCC2)CC1. The maximum Gasteiger partial charge on any atom is 0.223 e. The lowest BCUT2D eigenvalue weighted by Gasteiger charge is -2.35. The Morgan fingerprint density at radius 1 is 0.920 bits per heavy atom. The molecule has 0 bridgehead atoms. The van der Waals surface area contributed by atoms with Crippen molar-refractivity contribution in [2.45, 2.75) is 64.0 Å². The molecule has 0 radical (unpaired) electrons. The second kappa shape index (κ2) is 9.01. The fourth-order valence-electron chi connectivity index (χ4n) is 3.58. The van der Waals surface area contributed by atoms with Gasteiger partial charge in [-0.25, -0.2) is 8.42 Å². The van der Waals surface area contributed by atoms with Crippen LogP contribution in [0.15, 0.2) is 0 Å². The van der Waals surface area contributed by atoms with Gasteiger partial charge in [0.05, 0.1) is 11.0 Å². The zero-order valence-corrected chi connectivity index (χ0v) is 16.4. The maximum atomic E-state index is 12.3. The summed E-state index contributed by atoms with van der Waals surface area (Å²) in [5.41, 5.74) is 0. The van der Waals surface area contributed by atoms with Crippen LogP contribution in [-0.2, 0) is 19.4 Å². The summed E-state index contributed by atoms with van der Waals surface area (Å²) < 4.78 is 24.5. The highest BCUT2D eigenvalue weighted by atomic mass is 32.2. The maximum absolute atomic E-state index is 12.3. The third kappa shape index (κ3) is 5.97. The van der Waals surface area contributed by atoms with E-state index in [-0.39, 0.29) is 29.2 Å². The van der Waals surface area contributed by atoms with Crippen LogP contribution in [0.5, 0.6) is 0 Å². The van der Waals surface area contributed by atoms with E-state index < -0.39 is 9.84 Å². The van der Waals surface area contributed by atoms with Crippen molar-refractivity contribution in [2.75, 3.05) is 31.9 Å². The molecule has 1 saturated heterocycles. The first kappa shape index (κ1) is 20.2. The first-order valence-electron chi connectivity index (χ1n) is 9.56. The topological polar surface area (TPSA) is 74.8 Å². The minimum Gasteiger partial charge on any atom is -0.339 e. The largest absolute Gasteiger partial charge is 0.339 e. The van der Waals surface area contributed by atoms with Gasteiger partial charge >= 0.3 is 0 Å². The quantitative estimate of drug-likeness (QED) is 0.683. The molecule has 1 saturated carbocycles. The Balaban J connectivity index is 1.73. The molecular weight excluding hydrogens is 340 g/mol. The van der Waals surface area contributed by atoms with Gasteiger partial charge in [-0.05, 0) is 25.2 Å². The standard InChI is InChI=1S/C18H32N2O4S/c1-15(2)7-8-17(21)19-10-12-20(13-11-19)18(22)9-14-25(23,24)16-5-3-4-6-16/h15-16H,3-14H2,1-2H3. The number of sulfone groups is 1.